The summed E-state index contributed by atoms with van der Waals surface area (Å²) in [6, 6.07) is 9.53. The molecule has 1 aromatic heterocycles. The number of aliphatic hydroxyl groups is 1. The first-order chi connectivity index (χ1) is 14.4. The quantitative estimate of drug-likeness (QED) is 0.373. The Balaban J connectivity index is 1.56. The highest BCUT2D eigenvalue weighted by atomic mass is 35.5. The number of benzene rings is 1. The van der Waals surface area contributed by atoms with Gasteiger partial charge in [-0.05, 0) is 73.9 Å². The fourth-order valence-corrected chi connectivity index (χ4v) is 5.81. The number of ether oxygens (including phenoxy) is 2. The van der Waals surface area contributed by atoms with Gasteiger partial charge in [0.15, 0.2) is 0 Å². The van der Waals surface area contributed by atoms with Crippen molar-refractivity contribution in [2.45, 2.75) is 50.5 Å². The summed E-state index contributed by atoms with van der Waals surface area (Å²) in [5, 5.41) is 11.1. The third kappa shape index (κ3) is 5.91. The van der Waals surface area contributed by atoms with Gasteiger partial charge in [-0.2, -0.15) is 0 Å². The summed E-state index contributed by atoms with van der Waals surface area (Å²) >= 11 is 14.2. The van der Waals surface area contributed by atoms with Crippen LogP contribution in [0.5, 0.6) is 5.75 Å². The van der Waals surface area contributed by atoms with Gasteiger partial charge in [-0.1, -0.05) is 18.5 Å². The van der Waals surface area contributed by atoms with E-state index in [1.807, 2.05) is 30.3 Å². The van der Waals surface area contributed by atoms with Crippen LogP contribution in [0.2, 0.25) is 5.02 Å². The predicted molar refractivity (Wildman–Crippen MR) is 122 cm³/mol. The number of carbonyl (C=O) groups excluding carboxylic acids is 1. The molecule has 2 aromatic rings. The lowest BCUT2D eigenvalue weighted by atomic mass is 9.90. The third-order valence-corrected chi connectivity index (χ3v) is 7.61. The first-order valence-electron chi connectivity index (χ1n) is 10.3. The van der Waals surface area contributed by atoms with E-state index in [2.05, 4.69) is 6.92 Å². The molecule has 30 heavy (non-hydrogen) atoms. The molecule has 1 fully saturated rings. The average molecular weight is 471 g/mol. The number of aliphatic hydroxyl groups excluding tert-OH is 1. The lowest BCUT2D eigenvalue weighted by molar-refractivity contribution is 0.0606. The van der Waals surface area contributed by atoms with Crippen LogP contribution in [0.15, 0.2) is 30.3 Å². The molecule has 164 valence electrons. The molecule has 1 heterocycles. The Morgan fingerprint density at radius 2 is 2.07 bits per heavy atom. The Kier molecular flexibility index (Phi) is 8.46. The maximum Gasteiger partial charge on any atom is 0.348 e. The Morgan fingerprint density at radius 1 is 1.27 bits per heavy atom. The summed E-state index contributed by atoms with van der Waals surface area (Å²) in [4.78, 5) is 13.4. The molecule has 1 aliphatic rings. The van der Waals surface area contributed by atoms with E-state index in [-0.39, 0.29) is 23.2 Å². The molecular weight excluding hydrogens is 443 g/mol. The number of alkyl halides is 1. The van der Waals surface area contributed by atoms with E-state index in [0.717, 1.165) is 41.9 Å². The zero-order valence-corrected chi connectivity index (χ0v) is 19.6. The van der Waals surface area contributed by atoms with E-state index in [1.165, 1.54) is 18.4 Å². The van der Waals surface area contributed by atoms with Gasteiger partial charge in [0.1, 0.15) is 10.6 Å². The number of methoxy groups -OCH3 is 1. The number of hydrogen-bond donors (Lipinski definition) is 1. The molecule has 0 spiro atoms. The van der Waals surface area contributed by atoms with Gasteiger partial charge in [0, 0.05) is 21.2 Å². The first-order valence-corrected chi connectivity index (χ1v) is 12.0. The second-order valence-electron chi connectivity index (χ2n) is 7.76. The number of carbonyl (C=O) groups is 1. The molecule has 0 bridgehead atoms. The minimum Gasteiger partial charge on any atom is -0.493 e. The average Bonchev–Trinajstić information content (AvgIpc) is 3.30. The third-order valence-electron chi connectivity index (χ3n) is 5.77. The molecule has 7 heteroatoms. The number of rotatable bonds is 9. The molecule has 0 aliphatic heterocycles. The summed E-state index contributed by atoms with van der Waals surface area (Å²) < 4.78 is 10.8. The first kappa shape index (κ1) is 23.4. The van der Waals surface area contributed by atoms with Crippen molar-refractivity contribution in [1.82, 2.24) is 0 Å². The Morgan fingerprint density at radius 3 is 2.80 bits per heavy atom. The number of thiophene rings is 1. The van der Waals surface area contributed by atoms with Gasteiger partial charge in [-0.3, -0.25) is 0 Å². The number of aryl methyl sites for hydroxylation is 2. The van der Waals surface area contributed by atoms with Crippen LogP contribution in [0.4, 0.5) is 0 Å². The summed E-state index contributed by atoms with van der Waals surface area (Å²) in [5.74, 6) is 0.616. The molecule has 1 aliphatic carbocycles. The van der Waals surface area contributed by atoms with Gasteiger partial charge >= 0.3 is 5.97 Å². The lowest BCUT2D eigenvalue weighted by Crippen LogP contribution is -2.27. The van der Waals surface area contributed by atoms with Crippen molar-refractivity contribution >= 4 is 40.5 Å². The standard InChI is InChI=1S/C23H28Cl2O4S/c1-3-14-9-15(24)11-16(10-14)29-13-19-18(20(25)12-21(19)26)6-4-5-17-7-8-22(30-17)23(27)28-2/h7-11,18-21,26H,3-6,12-13H2,1-2H3/t18?,19-,20-,21-/m1/s1. The molecule has 0 radical (unpaired) electrons. The summed E-state index contributed by atoms with van der Waals surface area (Å²) in [7, 11) is 1.39. The highest BCUT2D eigenvalue weighted by molar-refractivity contribution is 7.13. The minimum absolute atomic E-state index is 0.00877. The van der Waals surface area contributed by atoms with Crippen molar-refractivity contribution in [3.63, 3.8) is 0 Å². The lowest BCUT2D eigenvalue weighted by Gasteiger charge is -2.24. The Bertz CT molecular complexity index is 853. The topological polar surface area (TPSA) is 55.8 Å². The Labute approximate surface area is 192 Å². The van der Waals surface area contributed by atoms with E-state index in [0.29, 0.717) is 22.9 Å². The minimum atomic E-state index is -0.463. The van der Waals surface area contributed by atoms with Gasteiger partial charge in [-0.15, -0.1) is 22.9 Å². The maximum absolute atomic E-state index is 11.6. The molecule has 1 aromatic carbocycles. The van der Waals surface area contributed by atoms with Crippen LogP contribution in [-0.2, 0) is 17.6 Å². The zero-order chi connectivity index (χ0) is 21.7. The number of esters is 1. The highest BCUT2D eigenvalue weighted by Crippen LogP contribution is 2.40. The molecule has 4 atom stereocenters. The number of hydrogen-bond acceptors (Lipinski definition) is 5. The van der Waals surface area contributed by atoms with Crippen molar-refractivity contribution in [3.05, 3.63) is 50.7 Å². The summed E-state index contributed by atoms with van der Waals surface area (Å²) in [6.07, 6.45) is 3.72. The van der Waals surface area contributed by atoms with Gasteiger partial charge in [0.25, 0.3) is 0 Å². The van der Waals surface area contributed by atoms with Crippen LogP contribution in [0.3, 0.4) is 0 Å². The zero-order valence-electron chi connectivity index (χ0n) is 17.3. The fourth-order valence-electron chi connectivity index (χ4n) is 4.10. The SMILES string of the molecule is CCc1cc(Cl)cc(OC[C@@H]2C(CCCc3ccc(C(=O)OC)s3)[C@H](Cl)C[C@H]2O)c1. The van der Waals surface area contributed by atoms with Crippen molar-refractivity contribution in [2.75, 3.05) is 13.7 Å². The van der Waals surface area contributed by atoms with Gasteiger partial charge in [-0.25, -0.2) is 4.79 Å². The van der Waals surface area contributed by atoms with Crippen molar-refractivity contribution in [2.24, 2.45) is 11.8 Å². The van der Waals surface area contributed by atoms with Crippen LogP contribution < -0.4 is 4.74 Å². The molecule has 4 nitrogen and oxygen atoms in total. The van der Waals surface area contributed by atoms with Gasteiger partial charge in [0.2, 0.25) is 0 Å². The van der Waals surface area contributed by atoms with Gasteiger partial charge < -0.3 is 14.6 Å². The molecular formula is C23H28Cl2O4S. The van der Waals surface area contributed by atoms with E-state index < -0.39 is 6.10 Å². The van der Waals surface area contributed by atoms with Crippen LogP contribution in [0.25, 0.3) is 0 Å². The normalized spacial score (nSPS) is 23.5. The monoisotopic (exact) mass is 470 g/mol. The van der Waals surface area contributed by atoms with E-state index >= 15 is 0 Å². The number of halogens is 2. The van der Waals surface area contributed by atoms with Crippen molar-refractivity contribution < 1.29 is 19.4 Å². The summed E-state index contributed by atoms with van der Waals surface area (Å²) in [5.41, 5.74) is 1.12. The van der Waals surface area contributed by atoms with Crippen LogP contribution >= 0.6 is 34.5 Å². The second kappa shape index (κ2) is 10.9. The molecule has 3 rings (SSSR count). The molecule has 1 N–H and O–H groups in total. The van der Waals surface area contributed by atoms with Crippen LogP contribution in [0, 0.1) is 11.8 Å². The van der Waals surface area contributed by atoms with Crippen LogP contribution in [-0.4, -0.2) is 36.3 Å². The predicted octanol–water partition coefficient (Wildman–Crippen LogP) is 5.76. The van der Waals surface area contributed by atoms with E-state index in [1.54, 1.807) is 0 Å². The van der Waals surface area contributed by atoms with Gasteiger partial charge in [0.05, 0.1) is 19.8 Å². The highest BCUT2D eigenvalue weighted by Gasteiger charge is 2.41. The molecule has 1 saturated carbocycles. The van der Waals surface area contributed by atoms with E-state index in [9.17, 15) is 9.90 Å². The Hall–Kier alpha value is -1.27. The second-order valence-corrected chi connectivity index (χ2v) is 9.92. The van der Waals surface area contributed by atoms with Crippen LogP contribution in [0.1, 0.15) is 46.3 Å². The molecule has 0 saturated heterocycles. The molecule has 0 amide bonds. The largest absolute Gasteiger partial charge is 0.493 e. The molecule has 1 unspecified atom stereocenters. The smallest absolute Gasteiger partial charge is 0.348 e. The van der Waals surface area contributed by atoms with Crippen molar-refractivity contribution in [3.8, 4) is 5.75 Å². The summed E-state index contributed by atoms with van der Waals surface area (Å²) in [6.45, 7) is 2.50. The van der Waals surface area contributed by atoms with E-state index in [4.69, 9.17) is 32.7 Å². The van der Waals surface area contributed by atoms with Crippen molar-refractivity contribution in [1.29, 1.82) is 0 Å². The fraction of sp³-hybridized carbons (Fsp3) is 0.522. The maximum atomic E-state index is 11.6.